The van der Waals surface area contributed by atoms with Crippen LogP contribution in [-0.4, -0.2) is 27.7 Å². The lowest BCUT2D eigenvalue weighted by Gasteiger charge is -2.16. The Morgan fingerprint density at radius 2 is 2.25 bits per heavy atom. The van der Waals surface area contributed by atoms with Crippen molar-refractivity contribution in [2.24, 2.45) is 0 Å². The molecule has 0 radical (unpaired) electrons. The van der Waals surface area contributed by atoms with Crippen LogP contribution in [-0.2, 0) is 0 Å². The molecule has 0 aliphatic carbocycles. The minimum Gasteiger partial charge on any atom is -0.396 e. The van der Waals surface area contributed by atoms with E-state index in [1.54, 1.807) is 18.3 Å². The molecule has 0 saturated carbocycles. The van der Waals surface area contributed by atoms with Crippen LogP contribution >= 0.6 is 0 Å². The first kappa shape index (κ1) is 14.2. The molecule has 2 N–H and O–H groups in total. The van der Waals surface area contributed by atoms with Gasteiger partial charge in [0.1, 0.15) is 5.52 Å². The number of hydrogen-bond acceptors (Lipinski definition) is 5. The van der Waals surface area contributed by atoms with E-state index in [1.165, 1.54) is 6.07 Å². The second kappa shape index (κ2) is 6.29. The van der Waals surface area contributed by atoms with Crippen molar-refractivity contribution in [2.45, 2.75) is 25.8 Å². The highest BCUT2D eigenvalue weighted by Crippen LogP contribution is 2.30. The van der Waals surface area contributed by atoms with E-state index in [0.717, 1.165) is 23.9 Å². The van der Waals surface area contributed by atoms with Crippen molar-refractivity contribution >= 4 is 22.3 Å². The van der Waals surface area contributed by atoms with Gasteiger partial charge in [0, 0.05) is 36.0 Å². The minimum absolute atomic E-state index is 0.00848. The molecule has 0 saturated heterocycles. The number of anilines is 1. The van der Waals surface area contributed by atoms with Crippen molar-refractivity contribution < 1.29 is 10.0 Å². The molecule has 6 heteroatoms. The summed E-state index contributed by atoms with van der Waals surface area (Å²) < 4.78 is 0. The maximum atomic E-state index is 11.0. The summed E-state index contributed by atoms with van der Waals surface area (Å²) in [5.74, 6) is 0. The molecule has 0 spiro atoms. The van der Waals surface area contributed by atoms with Gasteiger partial charge >= 0.3 is 0 Å². The molecule has 2 rings (SSSR count). The van der Waals surface area contributed by atoms with Gasteiger partial charge in [-0.25, -0.2) is 4.98 Å². The van der Waals surface area contributed by atoms with Crippen molar-refractivity contribution in [3.8, 4) is 0 Å². The fourth-order valence-corrected chi connectivity index (χ4v) is 2.17. The van der Waals surface area contributed by atoms with Crippen molar-refractivity contribution in [1.29, 1.82) is 0 Å². The number of nitro benzene ring substituents is 1. The maximum Gasteiger partial charge on any atom is 0.295 e. The summed E-state index contributed by atoms with van der Waals surface area (Å²) in [6.45, 7) is 2.17. The van der Waals surface area contributed by atoms with Gasteiger partial charge in [-0.15, -0.1) is 0 Å². The monoisotopic (exact) mass is 275 g/mol. The molecule has 6 nitrogen and oxygen atoms in total. The summed E-state index contributed by atoms with van der Waals surface area (Å²) in [4.78, 5) is 14.7. The molecule has 1 aromatic carbocycles. The number of aromatic nitrogens is 1. The van der Waals surface area contributed by atoms with Crippen LogP contribution in [0.5, 0.6) is 0 Å². The van der Waals surface area contributed by atoms with Crippen LogP contribution in [0.1, 0.15) is 19.8 Å². The number of aliphatic hydroxyl groups excluding tert-OH is 1. The van der Waals surface area contributed by atoms with Crippen LogP contribution in [0.15, 0.2) is 30.5 Å². The highest BCUT2D eigenvalue weighted by molar-refractivity contribution is 5.96. The van der Waals surface area contributed by atoms with E-state index < -0.39 is 4.92 Å². The maximum absolute atomic E-state index is 11.0. The molecule has 0 bridgehead atoms. The number of nitrogens with one attached hydrogen (secondary N) is 1. The second-order valence-corrected chi connectivity index (χ2v) is 4.70. The van der Waals surface area contributed by atoms with Crippen molar-refractivity contribution in [1.82, 2.24) is 4.98 Å². The normalized spacial score (nSPS) is 12.3. The first-order valence-electron chi connectivity index (χ1n) is 6.53. The van der Waals surface area contributed by atoms with Gasteiger partial charge < -0.3 is 10.4 Å². The Morgan fingerprint density at radius 3 is 2.95 bits per heavy atom. The Labute approximate surface area is 116 Å². The van der Waals surface area contributed by atoms with Crippen LogP contribution < -0.4 is 5.32 Å². The number of nitrogens with zero attached hydrogens (tertiary/aromatic N) is 2. The number of aliphatic hydroxyl groups is 1. The van der Waals surface area contributed by atoms with E-state index >= 15 is 0 Å². The van der Waals surface area contributed by atoms with E-state index in [0.29, 0.717) is 5.52 Å². The number of fused-ring (bicyclic) bond motifs is 1. The van der Waals surface area contributed by atoms with Gasteiger partial charge in [0.2, 0.25) is 0 Å². The molecular formula is C14H17N3O3. The minimum atomic E-state index is -0.422. The lowest BCUT2D eigenvalue weighted by atomic mass is 10.1. The number of hydrogen-bond donors (Lipinski definition) is 2. The summed E-state index contributed by atoms with van der Waals surface area (Å²) in [6.07, 6.45) is 3.10. The molecule has 20 heavy (non-hydrogen) atoms. The Balaban J connectivity index is 2.35. The van der Waals surface area contributed by atoms with Crippen molar-refractivity contribution in [3.63, 3.8) is 0 Å². The zero-order valence-electron chi connectivity index (χ0n) is 11.2. The second-order valence-electron chi connectivity index (χ2n) is 4.70. The fourth-order valence-electron chi connectivity index (χ4n) is 2.17. The third kappa shape index (κ3) is 3.03. The van der Waals surface area contributed by atoms with E-state index in [1.807, 2.05) is 13.0 Å². The SMILES string of the molecule is CC(CCCO)Nc1ccc([N+](=O)[O-])c2ncccc12. The summed E-state index contributed by atoms with van der Waals surface area (Å²) >= 11 is 0. The highest BCUT2D eigenvalue weighted by atomic mass is 16.6. The molecule has 0 aliphatic heterocycles. The highest BCUT2D eigenvalue weighted by Gasteiger charge is 2.15. The molecule has 2 aromatic rings. The molecule has 1 atom stereocenters. The lowest BCUT2D eigenvalue weighted by Crippen LogP contribution is -2.15. The largest absolute Gasteiger partial charge is 0.396 e. The first-order chi connectivity index (χ1) is 9.63. The molecule has 1 heterocycles. The molecule has 0 aliphatic rings. The molecular weight excluding hydrogens is 258 g/mol. The first-order valence-corrected chi connectivity index (χ1v) is 6.53. The quantitative estimate of drug-likeness (QED) is 0.625. The standard InChI is InChI=1S/C14H17N3O3/c1-10(4-3-9-18)16-12-6-7-13(17(19)20)14-11(12)5-2-8-15-14/h2,5-8,10,16,18H,3-4,9H2,1H3. The van der Waals surface area contributed by atoms with Crippen LogP contribution in [0, 0.1) is 10.1 Å². The van der Waals surface area contributed by atoms with E-state index in [2.05, 4.69) is 10.3 Å². The van der Waals surface area contributed by atoms with Gasteiger partial charge in [0.15, 0.2) is 0 Å². The van der Waals surface area contributed by atoms with Crippen LogP contribution in [0.3, 0.4) is 0 Å². The fraction of sp³-hybridized carbons (Fsp3) is 0.357. The van der Waals surface area contributed by atoms with Gasteiger partial charge in [-0.1, -0.05) is 0 Å². The number of non-ortho nitro benzene ring substituents is 1. The van der Waals surface area contributed by atoms with Gasteiger partial charge in [-0.3, -0.25) is 10.1 Å². The molecule has 0 amide bonds. The van der Waals surface area contributed by atoms with Gasteiger partial charge in [-0.05, 0) is 38.0 Å². The van der Waals surface area contributed by atoms with Crippen LogP contribution in [0.25, 0.3) is 10.9 Å². The Morgan fingerprint density at radius 1 is 1.45 bits per heavy atom. The number of pyridine rings is 1. The third-order valence-corrected chi connectivity index (χ3v) is 3.14. The summed E-state index contributed by atoms with van der Waals surface area (Å²) in [5, 5.41) is 23.9. The zero-order chi connectivity index (χ0) is 14.5. The zero-order valence-corrected chi connectivity index (χ0v) is 11.2. The summed E-state index contributed by atoms with van der Waals surface area (Å²) in [7, 11) is 0. The van der Waals surface area contributed by atoms with Gasteiger partial charge in [-0.2, -0.15) is 0 Å². The van der Waals surface area contributed by atoms with Crippen molar-refractivity contribution in [2.75, 3.05) is 11.9 Å². The van der Waals surface area contributed by atoms with Crippen LogP contribution in [0.4, 0.5) is 11.4 Å². The summed E-state index contributed by atoms with van der Waals surface area (Å²) in [6, 6.07) is 6.92. The topological polar surface area (TPSA) is 88.3 Å². The lowest BCUT2D eigenvalue weighted by molar-refractivity contribution is -0.383. The van der Waals surface area contributed by atoms with Gasteiger partial charge in [0.05, 0.1) is 4.92 Å². The van der Waals surface area contributed by atoms with Gasteiger partial charge in [0.25, 0.3) is 5.69 Å². The predicted molar refractivity (Wildman–Crippen MR) is 77.8 cm³/mol. The number of nitro groups is 1. The van der Waals surface area contributed by atoms with E-state index in [4.69, 9.17) is 5.11 Å². The average molecular weight is 275 g/mol. The molecule has 1 aromatic heterocycles. The average Bonchev–Trinajstić information content (AvgIpc) is 2.45. The Bertz CT molecular complexity index is 616. The summed E-state index contributed by atoms with van der Waals surface area (Å²) in [5.41, 5.74) is 1.22. The molecule has 106 valence electrons. The number of benzene rings is 1. The smallest absolute Gasteiger partial charge is 0.295 e. The van der Waals surface area contributed by atoms with E-state index in [-0.39, 0.29) is 18.3 Å². The molecule has 0 fully saturated rings. The van der Waals surface area contributed by atoms with Crippen molar-refractivity contribution in [3.05, 3.63) is 40.6 Å². The van der Waals surface area contributed by atoms with E-state index in [9.17, 15) is 10.1 Å². The predicted octanol–water partition coefficient (Wildman–Crippen LogP) is 2.72. The molecule has 1 unspecified atom stereocenters. The Kier molecular flexibility index (Phi) is 4.47. The third-order valence-electron chi connectivity index (χ3n) is 3.14. The Hall–Kier alpha value is -2.21. The number of rotatable bonds is 6. The van der Waals surface area contributed by atoms with Crippen LogP contribution in [0.2, 0.25) is 0 Å².